The molecule has 0 spiro atoms. The highest BCUT2D eigenvalue weighted by atomic mass is 16.3. The average molecular weight is 311 g/mol. The second-order valence-electron chi connectivity index (χ2n) is 5.77. The first-order chi connectivity index (χ1) is 11.2. The molecule has 1 saturated heterocycles. The van der Waals surface area contributed by atoms with E-state index in [1.165, 1.54) is 11.8 Å². The summed E-state index contributed by atoms with van der Waals surface area (Å²) in [6.45, 7) is 4.67. The number of amides is 1. The zero-order valence-electron chi connectivity index (χ0n) is 13.3. The van der Waals surface area contributed by atoms with Crippen LogP contribution in [0.1, 0.15) is 34.5 Å². The highest BCUT2D eigenvalue weighted by molar-refractivity contribution is 5.96. The Morgan fingerprint density at radius 2 is 1.96 bits per heavy atom. The Hall–Kier alpha value is -2.40. The van der Waals surface area contributed by atoms with Crippen LogP contribution in [-0.4, -0.2) is 29.6 Å². The predicted molar refractivity (Wildman–Crippen MR) is 89.3 cm³/mol. The summed E-state index contributed by atoms with van der Waals surface area (Å²) in [4.78, 5) is 14.4. The van der Waals surface area contributed by atoms with Crippen molar-refractivity contribution in [2.75, 3.05) is 13.1 Å². The van der Waals surface area contributed by atoms with Crippen molar-refractivity contribution in [3.05, 3.63) is 59.5 Å². The summed E-state index contributed by atoms with van der Waals surface area (Å²) in [5, 5.41) is 4.27. The van der Waals surface area contributed by atoms with E-state index in [2.05, 4.69) is 39.7 Å². The van der Waals surface area contributed by atoms with Gasteiger partial charge in [0.1, 0.15) is 5.76 Å². The number of carbonyl (C=O) groups excluding carboxylic acids is 1. The van der Waals surface area contributed by atoms with Gasteiger partial charge in [-0.05, 0) is 18.6 Å². The van der Waals surface area contributed by atoms with Crippen molar-refractivity contribution in [2.24, 2.45) is 5.10 Å². The smallest absolute Gasteiger partial charge is 0.274 e. The van der Waals surface area contributed by atoms with Crippen LogP contribution in [0.15, 0.2) is 52.2 Å². The molecule has 1 aromatic heterocycles. The Kier molecular flexibility index (Phi) is 4.88. The fourth-order valence-electron chi connectivity index (χ4n) is 2.73. The van der Waals surface area contributed by atoms with Crippen molar-refractivity contribution in [1.29, 1.82) is 0 Å². The first-order valence-electron chi connectivity index (χ1n) is 7.88. The standard InChI is InChI=1S/C18H21N3O2/c1-14-17(9-12-23-14)18(22)20-19-16-7-10-21(11-8-16)13-15-5-3-2-4-6-15/h2-6,9,12H,7-8,10-11,13H2,1H3,(H,20,22). The number of nitrogens with zero attached hydrogens (tertiary/aromatic N) is 2. The summed E-state index contributed by atoms with van der Waals surface area (Å²) in [6.07, 6.45) is 3.29. The van der Waals surface area contributed by atoms with E-state index in [4.69, 9.17) is 4.42 Å². The highest BCUT2D eigenvalue weighted by Gasteiger charge is 2.16. The molecule has 1 N–H and O–H groups in total. The monoisotopic (exact) mass is 311 g/mol. The lowest BCUT2D eigenvalue weighted by atomic mass is 10.1. The number of nitrogens with one attached hydrogen (secondary N) is 1. The van der Waals surface area contributed by atoms with E-state index in [9.17, 15) is 4.79 Å². The Bertz CT molecular complexity index is 681. The molecule has 0 atom stereocenters. The first-order valence-corrected chi connectivity index (χ1v) is 7.88. The van der Waals surface area contributed by atoms with Crippen LogP contribution in [0.4, 0.5) is 0 Å². The summed E-state index contributed by atoms with van der Waals surface area (Å²) in [6, 6.07) is 12.1. The van der Waals surface area contributed by atoms with Crippen molar-refractivity contribution < 1.29 is 9.21 Å². The molecule has 0 unspecified atom stereocenters. The minimum absolute atomic E-state index is 0.213. The minimum Gasteiger partial charge on any atom is -0.469 e. The molecule has 120 valence electrons. The van der Waals surface area contributed by atoms with E-state index in [1.807, 2.05) is 6.07 Å². The maximum Gasteiger partial charge on any atom is 0.274 e. The van der Waals surface area contributed by atoms with E-state index in [-0.39, 0.29) is 5.91 Å². The molecule has 0 aliphatic carbocycles. The molecule has 1 fully saturated rings. The van der Waals surface area contributed by atoms with Crippen molar-refractivity contribution in [3.8, 4) is 0 Å². The molecule has 0 saturated carbocycles. The number of aryl methyl sites for hydroxylation is 1. The number of hydrazone groups is 1. The summed E-state index contributed by atoms with van der Waals surface area (Å²) in [5.41, 5.74) is 5.54. The molecule has 0 bridgehead atoms. The molecular formula is C18H21N3O2. The fraction of sp³-hybridized carbons (Fsp3) is 0.333. The Morgan fingerprint density at radius 3 is 2.61 bits per heavy atom. The Labute approximate surface area is 136 Å². The second-order valence-corrected chi connectivity index (χ2v) is 5.77. The SMILES string of the molecule is Cc1occc1C(=O)NN=C1CCN(Cc2ccccc2)CC1. The third kappa shape index (κ3) is 4.07. The molecule has 2 heterocycles. The lowest BCUT2D eigenvalue weighted by molar-refractivity contribution is 0.0953. The number of carbonyl (C=O) groups is 1. The summed E-state index contributed by atoms with van der Waals surface area (Å²) >= 11 is 0. The van der Waals surface area contributed by atoms with Gasteiger partial charge in [-0.15, -0.1) is 0 Å². The number of hydrogen-bond acceptors (Lipinski definition) is 4. The lowest BCUT2D eigenvalue weighted by Gasteiger charge is -2.27. The zero-order chi connectivity index (χ0) is 16.1. The van der Waals surface area contributed by atoms with Gasteiger partial charge in [-0.1, -0.05) is 30.3 Å². The lowest BCUT2D eigenvalue weighted by Crippen LogP contribution is -2.34. The van der Waals surface area contributed by atoms with Gasteiger partial charge in [0.25, 0.3) is 5.91 Å². The molecule has 23 heavy (non-hydrogen) atoms. The molecular weight excluding hydrogens is 290 g/mol. The molecule has 1 amide bonds. The largest absolute Gasteiger partial charge is 0.469 e. The van der Waals surface area contributed by atoms with E-state index in [0.29, 0.717) is 11.3 Å². The van der Waals surface area contributed by atoms with Crippen LogP contribution < -0.4 is 5.43 Å². The van der Waals surface area contributed by atoms with Gasteiger partial charge in [-0.2, -0.15) is 5.10 Å². The number of furan rings is 1. The minimum atomic E-state index is -0.213. The van der Waals surface area contributed by atoms with Crippen LogP contribution >= 0.6 is 0 Å². The van der Waals surface area contributed by atoms with Gasteiger partial charge in [0.2, 0.25) is 0 Å². The molecule has 1 aliphatic heterocycles. The number of hydrogen-bond donors (Lipinski definition) is 1. The van der Waals surface area contributed by atoms with Crippen molar-refractivity contribution in [1.82, 2.24) is 10.3 Å². The molecule has 3 rings (SSSR count). The van der Waals surface area contributed by atoms with Crippen molar-refractivity contribution in [3.63, 3.8) is 0 Å². The van der Waals surface area contributed by atoms with Gasteiger partial charge in [-0.3, -0.25) is 9.69 Å². The molecule has 2 aromatic rings. The van der Waals surface area contributed by atoms with Crippen LogP contribution in [-0.2, 0) is 6.54 Å². The maximum atomic E-state index is 12.0. The highest BCUT2D eigenvalue weighted by Crippen LogP contribution is 2.12. The Balaban J connectivity index is 1.49. The van der Waals surface area contributed by atoms with Gasteiger partial charge < -0.3 is 4.42 Å². The topological polar surface area (TPSA) is 57.8 Å². The van der Waals surface area contributed by atoms with Crippen LogP contribution in [0.5, 0.6) is 0 Å². The normalized spacial score (nSPS) is 15.4. The van der Waals surface area contributed by atoms with E-state index < -0.39 is 0 Å². The van der Waals surface area contributed by atoms with Gasteiger partial charge in [-0.25, -0.2) is 5.43 Å². The van der Waals surface area contributed by atoms with Crippen LogP contribution in [0.3, 0.4) is 0 Å². The van der Waals surface area contributed by atoms with Gasteiger partial charge in [0.15, 0.2) is 0 Å². The molecule has 5 heteroatoms. The quantitative estimate of drug-likeness (QED) is 0.883. The van der Waals surface area contributed by atoms with Gasteiger partial charge in [0.05, 0.1) is 11.8 Å². The fourth-order valence-corrected chi connectivity index (χ4v) is 2.73. The average Bonchev–Trinajstić information content (AvgIpc) is 3.01. The van der Waals surface area contributed by atoms with Crippen LogP contribution in [0.25, 0.3) is 0 Å². The van der Waals surface area contributed by atoms with Crippen molar-refractivity contribution in [2.45, 2.75) is 26.3 Å². The third-order valence-electron chi connectivity index (χ3n) is 4.10. The Morgan fingerprint density at radius 1 is 1.22 bits per heavy atom. The zero-order valence-corrected chi connectivity index (χ0v) is 13.3. The molecule has 0 radical (unpaired) electrons. The van der Waals surface area contributed by atoms with Crippen molar-refractivity contribution >= 4 is 11.6 Å². The number of likely N-dealkylation sites (tertiary alicyclic amines) is 1. The van der Waals surface area contributed by atoms with Crippen LogP contribution in [0.2, 0.25) is 0 Å². The summed E-state index contributed by atoms with van der Waals surface area (Å²) in [7, 11) is 0. The number of benzene rings is 1. The molecule has 1 aliphatic rings. The second kappa shape index (κ2) is 7.24. The third-order valence-corrected chi connectivity index (χ3v) is 4.10. The predicted octanol–water partition coefficient (Wildman–Crippen LogP) is 2.97. The summed E-state index contributed by atoms with van der Waals surface area (Å²) < 4.78 is 5.13. The summed E-state index contributed by atoms with van der Waals surface area (Å²) in [5.74, 6) is 0.399. The number of piperidine rings is 1. The van der Waals surface area contributed by atoms with E-state index >= 15 is 0 Å². The van der Waals surface area contributed by atoms with Gasteiger partial charge >= 0.3 is 0 Å². The van der Waals surface area contributed by atoms with E-state index in [0.717, 1.165) is 38.2 Å². The first kappa shape index (κ1) is 15.5. The molecule has 1 aromatic carbocycles. The van der Waals surface area contributed by atoms with E-state index in [1.54, 1.807) is 13.0 Å². The van der Waals surface area contributed by atoms with Gasteiger partial charge in [0, 0.05) is 38.2 Å². The number of rotatable bonds is 4. The molecule has 5 nitrogen and oxygen atoms in total. The van der Waals surface area contributed by atoms with Crippen LogP contribution in [0, 0.1) is 6.92 Å². The maximum absolute atomic E-state index is 12.0.